The van der Waals surface area contributed by atoms with Crippen LogP contribution in [-0.2, 0) is 138 Å². The quantitative estimate of drug-likeness (QED) is 0.0153. The number of nitrogens with zero attached hydrogens (tertiary/aromatic N) is 2. The first-order valence-corrected chi connectivity index (χ1v) is 48.8. The van der Waals surface area contributed by atoms with E-state index in [1.807, 2.05) is 39.0 Å². The van der Waals surface area contributed by atoms with Crippen LogP contribution in [0.5, 0.6) is 0 Å². The van der Waals surface area contributed by atoms with Gasteiger partial charge in [0.15, 0.2) is 6.29 Å². The molecule has 0 spiro atoms. The van der Waals surface area contributed by atoms with Crippen molar-refractivity contribution >= 4 is 108 Å². The zero-order valence-electron chi connectivity index (χ0n) is 77.7. The first-order valence-electron chi connectivity index (χ1n) is 44.2. The summed E-state index contributed by atoms with van der Waals surface area (Å²) in [6.07, 6.45) is 4.63. The summed E-state index contributed by atoms with van der Waals surface area (Å²) in [5.74, 6) is -1.82. The Morgan fingerprint density at radius 1 is 0.531 bits per heavy atom. The first kappa shape index (κ1) is 121. The average Bonchev–Trinajstić information content (AvgIpc) is 0.771. The summed E-state index contributed by atoms with van der Waals surface area (Å²) >= 11 is 8.17. The molecule has 0 saturated carbocycles. The minimum atomic E-state index is -1.65. The van der Waals surface area contributed by atoms with E-state index < -0.39 is 75.1 Å². The molecule has 740 valence electrons. The van der Waals surface area contributed by atoms with Crippen molar-refractivity contribution in [2.75, 3.05) is 243 Å². The number of alkyl carbamates (subject to hydrolysis) is 1. The number of methoxy groups -OCH3 is 1. The summed E-state index contributed by atoms with van der Waals surface area (Å²) in [7, 11) is 4.34. The zero-order chi connectivity index (χ0) is 93.6. The SMILES string of the molecule is C.[C-]#[N+]C(C)(CCC(=O)CCCOCCOCCOCCOCCOCCOCCOCCOCCOCCOCCOCCOCCOCCC(=O)CCCCCCO[C@@H]1O[C@H](CC)[C@H](C)[C@H](OC(C)=O)[C@H]1NC(C)=O)CC(C)(CC(C)(CC(C)(SC(=S)SCC)C(=O)OCCOC)C(=O)OCCOCCNC(=O)OC(C)(C)C)C(=O)OCCSSc1ccccn1. The Labute approximate surface area is 783 Å². The summed E-state index contributed by atoms with van der Waals surface area (Å²) in [5.41, 5.74) is -5.23. The van der Waals surface area contributed by atoms with Gasteiger partial charge in [0.2, 0.25) is 11.4 Å². The molecule has 2 rings (SSSR count). The second-order valence-electron chi connectivity index (χ2n) is 31.8. The van der Waals surface area contributed by atoms with Crippen LogP contribution >= 0.6 is 57.3 Å². The van der Waals surface area contributed by atoms with Crippen LogP contribution in [-0.4, -0.2) is 340 Å². The fraction of sp³-hybridized carbons (Fsp3) is 0.831. The second kappa shape index (κ2) is 75.7. The van der Waals surface area contributed by atoms with Gasteiger partial charge in [-0.3, -0.25) is 33.6 Å². The lowest BCUT2D eigenvalue weighted by Gasteiger charge is -2.44. The summed E-state index contributed by atoms with van der Waals surface area (Å²) in [6.45, 7) is 39.9. The Balaban J connectivity index is 0.0000819. The molecule has 1 aliphatic heterocycles. The molecular formula is C89H154N4O30S5. The van der Waals surface area contributed by atoms with Gasteiger partial charge in [0.25, 0.3) is 0 Å². The van der Waals surface area contributed by atoms with Gasteiger partial charge in [-0.1, -0.05) is 81.9 Å². The first-order chi connectivity index (χ1) is 61.0. The van der Waals surface area contributed by atoms with E-state index >= 15 is 0 Å². The van der Waals surface area contributed by atoms with Gasteiger partial charge in [-0.05, 0) is 109 Å². The number of Topliss-reactive ketones (excluding diaryl/α,β-unsaturated/α-hetero) is 2. The van der Waals surface area contributed by atoms with Gasteiger partial charge in [-0.2, -0.15) is 0 Å². The molecular weight excluding hydrogens is 1770 g/mol. The number of carbonyl (C=O) groups excluding carboxylic acids is 8. The van der Waals surface area contributed by atoms with Gasteiger partial charge in [0.1, 0.15) is 62.4 Å². The lowest BCUT2D eigenvalue weighted by molar-refractivity contribution is -0.253. The molecule has 2 amide bonds. The van der Waals surface area contributed by atoms with Crippen molar-refractivity contribution < 1.29 is 143 Å². The molecule has 2 N–H and O–H groups in total. The Morgan fingerprint density at radius 2 is 0.992 bits per heavy atom. The lowest BCUT2D eigenvalue weighted by atomic mass is 9.64. The van der Waals surface area contributed by atoms with E-state index in [4.69, 9.17) is 123 Å². The minimum absolute atomic E-state index is 0. The molecule has 4 unspecified atom stereocenters. The number of aromatic nitrogens is 1. The molecule has 0 aliphatic carbocycles. The molecule has 0 bridgehead atoms. The fourth-order valence-electron chi connectivity index (χ4n) is 13.1. The largest absolute Gasteiger partial charge is 0.464 e. The number of rotatable bonds is 82. The van der Waals surface area contributed by atoms with Gasteiger partial charge < -0.3 is 120 Å². The van der Waals surface area contributed by atoms with Crippen LogP contribution in [0.1, 0.15) is 180 Å². The van der Waals surface area contributed by atoms with Crippen molar-refractivity contribution in [3.05, 3.63) is 35.8 Å². The molecule has 1 fully saturated rings. The Morgan fingerprint density at radius 3 is 1.47 bits per heavy atom. The van der Waals surface area contributed by atoms with Crippen molar-refractivity contribution in [3.8, 4) is 0 Å². The molecule has 1 aliphatic rings. The molecule has 0 aromatic carbocycles. The van der Waals surface area contributed by atoms with Crippen LogP contribution in [0.25, 0.3) is 4.85 Å². The van der Waals surface area contributed by atoms with E-state index in [-0.39, 0.29) is 122 Å². The third kappa shape index (κ3) is 61.3. The molecule has 1 saturated heterocycles. The number of unbranched alkanes of at least 4 members (excludes halogenated alkanes) is 3. The van der Waals surface area contributed by atoms with Crippen LogP contribution in [0.4, 0.5) is 4.79 Å². The highest BCUT2D eigenvalue weighted by molar-refractivity contribution is 8.76. The van der Waals surface area contributed by atoms with Crippen molar-refractivity contribution in [2.24, 2.45) is 16.7 Å². The summed E-state index contributed by atoms with van der Waals surface area (Å²) in [4.78, 5) is 114. The number of thioether (sulfide) groups is 2. The Hall–Kier alpha value is -4.59. The number of hydrogen-bond acceptors (Lipinski definition) is 36. The average molecular weight is 1920 g/mol. The van der Waals surface area contributed by atoms with Crippen molar-refractivity contribution in [1.82, 2.24) is 15.6 Å². The van der Waals surface area contributed by atoms with Gasteiger partial charge in [0.05, 0.1) is 202 Å². The lowest BCUT2D eigenvalue weighted by Crippen LogP contribution is -2.62. The van der Waals surface area contributed by atoms with E-state index in [2.05, 4.69) is 20.5 Å². The van der Waals surface area contributed by atoms with Gasteiger partial charge >= 0.3 is 30.0 Å². The van der Waals surface area contributed by atoms with E-state index in [1.165, 1.54) is 54.3 Å². The monoisotopic (exact) mass is 1920 g/mol. The van der Waals surface area contributed by atoms with Crippen molar-refractivity contribution in [2.45, 2.75) is 226 Å². The second-order valence-corrected chi connectivity index (χ2v) is 38.2. The zero-order valence-corrected chi connectivity index (χ0v) is 81.8. The topological polar surface area (TPSA) is 381 Å². The molecule has 0 radical (unpaired) electrons. The molecule has 39 heteroatoms. The number of amides is 2. The van der Waals surface area contributed by atoms with Gasteiger partial charge in [0, 0.05) is 104 Å². The van der Waals surface area contributed by atoms with Crippen LogP contribution in [0, 0.1) is 23.3 Å². The van der Waals surface area contributed by atoms with Crippen LogP contribution in [0.2, 0.25) is 0 Å². The van der Waals surface area contributed by atoms with Gasteiger partial charge in [-0.25, -0.2) is 16.4 Å². The molecule has 128 heavy (non-hydrogen) atoms. The number of hydrogen-bond donors (Lipinski definition) is 2. The smallest absolute Gasteiger partial charge is 0.407 e. The van der Waals surface area contributed by atoms with Crippen molar-refractivity contribution in [3.63, 3.8) is 0 Å². The normalized spacial score (nSPS) is 17.0. The number of ether oxygens (including phenoxy) is 22. The Bertz CT molecular complexity index is 3160. The highest BCUT2D eigenvalue weighted by Gasteiger charge is 2.56. The standard InChI is InChI=1S/C88H150N4O30S5.CH4/c1-15-74-69(3)77(120-71(5)94)76(92-70(4)93)78(121-74)116-33-22-18-17-19-24-73(96)28-34-103-38-40-106-42-44-108-46-48-110-50-52-112-54-56-114-58-60-115-59-57-113-55-53-111-51-49-109-47-45-107-43-41-105-39-37-102-32-23-25-72(95)27-29-87(11,89-13)67-85(9,79(97)119-64-65-125-127-75-26-20-21-30-90-75)66-86(10,68-88(12,126-83(123)124-16-2)81(99)118-62-36-101-14)80(98)117-63-61-104-35-31-91-82(100)122-84(6,7)8;/h20-21,26,30,69,74,76-78H,15-19,22-25,27-29,31-68H2,1-12,14H3,(H,91,100)(H,92,93);1H4/t69-,74+,76+,77-,78+,85?,86?,87?,88?;/m0./s1. The predicted octanol–water partition coefficient (Wildman–Crippen LogP) is 12.1. The summed E-state index contributed by atoms with van der Waals surface area (Å²) < 4.78 is 123. The van der Waals surface area contributed by atoms with E-state index in [0.717, 1.165) is 42.5 Å². The maximum atomic E-state index is 14.9. The molecule has 2 heterocycles. The number of esters is 4. The summed E-state index contributed by atoms with van der Waals surface area (Å²) in [6, 6.07) is 4.94. The number of ketones is 2. The van der Waals surface area contributed by atoms with Crippen LogP contribution < -0.4 is 10.6 Å². The number of thiocarbonyl (C=S) groups is 1. The molecule has 34 nitrogen and oxygen atoms in total. The Kier molecular flexibility index (Phi) is 71.8. The number of nitrogens with one attached hydrogen (secondary N) is 2. The third-order valence-corrected chi connectivity index (χ3v) is 23.9. The molecule has 1 aromatic heterocycles. The number of carbonyl (C=O) groups is 8. The highest BCUT2D eigenvalue weighted by atomic mass is 33.1. The van der Waals surface area contributed by atoms with Gasteiger partial charge in [-0.15, -0.1) is 11.8 Å². The van der Waals surface area contributed by atoms with E-state index in [0.29, 0.717) is 219 Å². The fourth-order valence-corrected chi connectivity index (χ4v) is 18.0. The maximum absolute atomic E-state index is 14.9. The van der Waals surface area contributed by atoms with Crippen LogP contribution in [0.3, 0.4) is 0 Å². The predicted molar refractivity (Wildman–Crippen MR) is 495 cm³/mol. The highest BCUT2D eigenvalue weighted by Crippen LogP contribution is 2.50. The van der Waals surface area contributed by atoms with Crippen LogP contribution in [0.15, 0.2) is 29.4 Å². The minimum Gasteiger partial charge on any atom is -0.464 e. The molecule has 9 atom stereocenters. The number of pyridine rings is 1. The van der Waals surface area contributed by atoms with E-state index in [9.17, 15) is 38.4 Å². The molecule has 1 aromatic rings. The third-order valence-electron chi connectivity index (χ3n) is 19.1. The van der Waals surface area contributed by atoms with Crippen molar-refractivity contribution in [1.29, 1.82) is 0 Å². The van der Waals surface area contributed by atoms with E-state index in [1.54, 1.807) is 54.7 Å². The summed E-state index contributed by atoms with van der Waals surface area (Å²) in [5, 5.41) is 6.25. The maximum Gasteiger partial charge on any atom is 0.407 e.